The minimum Gasteiger partial charge on any atom is -0.497 e. The van der Waals surface area contributed by atoms with Gasteiger partial charge in [-0.25, -0.2) is 0 Å². The molecule has 3 nitrogen and oxygen atoms in total. The molecule has 20 heavy (non-hydrogen) atoms. The molecule has 0 saturated heterocycles. The third-order valence-electron chi connectivity index (χ3n) is 3.51. The van der Waals surface area contributed by atoms with E-state index in [0.717, 1.165) is 23.5 Å². The topological polar surface area (TPSA) is 35.5 Å². The largest absolute Gasteiger partial charge is 0.497 e. The molecule has 0 aliphatic carbocycles. The van der Waals surface area contributed by atoms with Gasteiger partial charge >= 0.3 is 0 Å². The van der Waals surface area contributed by atoms with Crippen LogP contribution in [0.1, 0.15) is 28.4 Å². The Morgan fingerprint density at radius 3 is 2.55 bits per heavy atom. The molecule has 3 heteroatoms. The van der Waals surface area contributed by atoms with Crippen molar-refractivity contribution in [1.82, 2.24) is 0 Å². The van der Waals surface area contributed by atoms with E-state index in [1.165, 1.54) is 0 Å². The molecule has 1 aliphatic heterocycles. The van der Waals surface area contributed by atoms with Crippen LogP contribution in [0.5, 0.6) is 11.5 Å². The van der Waals surface area contributed by atoms with Crippen molar-refractivity contribution in [3.8, 4) is 11.5 Å². The molecule has 0 fully saturated rings. The van der Waals surface area contributed by atoms with E-state index < -0.39 is 0 Å². The summed E-state index contributed by atoms with van der Waals surface area (Å²) >= 11 is 0. The van der Waals surface area contributed by atoms with Gasteiger partial charge in [-0.3, -0.25) is 4.79 Å². The van der Waals surface area contributed by atoms with Gasteiger partial charge in [0.05, 0.1) is 7.11 Å². The number of hydrogen-bond acceptors (Lipinski definition) is 3. The molecule has 0 saturated carbocycles. The molecule has 2 aromatic rings. The van der Waals surface area contributed by atoms with Crippen LogP contribution >= 0.6 is 0 Å². The highest BCUT2D eigenvalue weighted by Gasteiger charge is 2.20. The Balaban J connectivity index is 1.89. The first kappa shape index (κ1) is 12.7. The standard InChI is InChI=1S/C17H16O3/c1-11-9-14-10-13(5-8-16(14)20-11)17(18)12-3-6-15(19-2)7-4-12/h3-8,10-11H,9H2,1-2H3/t11-/m1/s1. The first-order chi connectivity index (χ1) is 9.67. The molecule has 0 bridgehead atoms. The van der Waals surface area contributed by atoms with Crippen molar-refractivity contribution in [3.05, 3.63) is 59.2 Å². The second kappa shape index (κ2) is 5.00. The van der Waals surface area contributed by atoms with Gasteiger partial charge in [-0.2, -0.15) is 0 Å². The molecule has 1 atom stereocenters. The average molecular weight is 268 g/mol. The normalized spacial score (nSPS) is 16.4. The maximum absolute atomic E-state index is 12.4. The molecule has 3 rings (SSSR count). The summed E-state index contributed by atoms with van der Waals surface area (Å²) in [5.41, 5.74) is 2.47. The molecule has 1 heterocycles. The quantitative estimate of drug-likeness (QED) is 0.802. The van der Waals surface area contributed by atoms with Crippen LogP contribution in [0, 0.1) is 0 Å². The van der Waals surface area contributed by atoms with Gasteiger partial charge in [0.25, 0.3) is 0 Å². The highest BCUT2D eigenvalue weighted by molar-refractivity contribution is 6.09. The van der Waals surface area contributed by atoms with E-state index in [9.17, 15) is 4.79 Å². The van der Waals surface area contributed by atoms with Gasteiger partial charge in [0.15, 0.2) is 5.78 Å². The van der Waals surface area contributed by atoms with Gasteiger partial charge < -0.3 is 9.47 Å². The van der Waals surface area contributed by atoms with E-state index in [4.69, 9.17) is 9.47 Å². The Morgan fingerprint density at radius 2 is 1.85 bits per heavy atom. The predicted octanol–water partition coefficient (Wildman–Crippen LogP) is 3.25. The van der Waals surface area contributed by atoms with E-state index in [1.807, 2.05) is 25.1 Å². The molecule has 0 N–H and O–H groups in total. The van der Waals surface area contributed by atoms with Crippen molar-refractivity contribution in [3.63, 3.8) is 0 Å². The number of hydrogen-bond donors (Lipinski definition) is 0. The average Bonchev–Trinajstić information content (AvgIpc) is 2.85. The van der Waals surface area contributed by atoms with E-state index in [0.29, 0.717) is 11.1 Å². The Labute approximate surface area is 118 Å². The zero-order chi connectivity index (χ0) is 14.1. The minimum atomic E-state index is 0.0232. The van der Waals surface area contributed by atoms with E-state index in [2.05, 4.69) is 0 Å². The Hall–Kier alpha value is -2.29. The van der Waals surface area contributed by atoms with Crippen molar-refractivity contribution in [2.45, 2.75) is 19.4 Å². The zero-order valence-electron chi connectivity index (χ0n) is 11.6. The van der Waals surface area contributed by atoms with Crippen LogP contribution in [0.25, 0.3) is 0 Å². The van der Waals surface area contributed by atoms with Crippen LogP contribution in [0.15, 0.2) is 42.5 Å². The minimum absolute atomic E-state index is 0.0232. The molecule has 0 radical (unpaired) electrons. The maximum Gasteiger partial charge on any atom is 0.193 e. The third kappa shape index (κ3) is 2.27. The van der Waals surface area contributed by atoms with Crippen molar-refractivity contribution in [1.29, 1.82) is 0 Å². The highest BCUT2D eigenvalue weighted by Crippen LogP contribution is 2.30. The van der Waals surface area contributed by atoms with Gasteiger partial charge in [-0.15, -0.1) is 0 Å². The maximum atomic E-state index is 12.4. The number of methoxy groups -OCH3 is 1. The number of fused-ring (bicyclic) bond motifs is 1. The number of rotatable bonds is 3. The van der Waals surface area contributed by atoms with Crippen molar-refractivity contribution < 1.29 is 14.3 Å². The van der Waals surface area contributed by atoms with Gasteiger partial charge in [-0.05, 0) is 55.0 Å². The Morgan fingerprint density at radius 1 is 1.15 bits per heavy atom. The lowest BCUT2D eigenvalue weighted by Crippen LogP contribution is -2.05. The summed E-state index contributed by atoms with van der Waals surface area (Å²) in [5.74, 6) is 1.66. The van der Waals surface area contributed by atoms with E-state index in [1.54, 1.807) is 31.4 Å². The molecular weight excluding hydrogens is 252 g/mol. The number of ketones is 1. The second-order valence-corrected chi connectivity index (χ2v) is 5.01. The molecule has 0 aromatic heterocycles. The second-order valence-electron chi connectivity index (χ2n) is 5.01. The lowest BCUT2D eigenvalue weighted by Gasteiger charge is -2.05. The van der Waals surface area contributed by atoms with Crippen LogP contribution < -0.4 is 9.47 Å². The summed E-state index contributed by atoms with van der Waals surface area (Å²) in [5, 5.41) is 0. The lowest BCUT2D eigenvalue weighted by molar-refractivity contribution is 0.103. The van der Waals surface area contributed by atoms with Crippen LogP contribution in [-0.2, 0) is 6.42 Å². The Bertz CT molecular complexity index is 644. The van der Waals surface area contributed by atoms with E-state index in [-0.39, 0.29) is 11.9 Å². The summed E-state index contributed by atoms with van der Waals surface area (Å²) in [6, 6.07) is 12.8. The Kier molecular flexibility index (Phi) is 3.18. The smallest absolute Gasteiger partial charge is 0.193 e. The van der Waals surface area contributed by atoms with Crippen molar-refractivity contribution in [2.75, 3.05) is 7.11 Å². The number of carbonyl (C=O) groups excluding carboxylic acids is 1. The first-order valence-corrected chi connectivity index (χ1v) is 6.65. The molecular formula is C17H16O3. The molecule has 0 amide bonds. The van der Waals surface area contributed by atoms with Crippen LogP contribution in [0.2, 0.25) is 0 Å². The first-order valence-electron chi connectivity index (χ1n) is 6.65. The predicted molar refractivity (Wildman–Crippen MR) is 76.7 cm³/mol. The summed E-state index contributed by atoms with van der Waals surface area (Å²) in [6.07, 6.45) is 1.05. The van der Waals surface area contributed by atoms with Crippen LogP contribution in [0.4, 0.5) is 0 Å². The van der Waals surface area contributed by atoms with E-state index >= 15 is 0 Å². The molecule has 1 aliphatic rings. The van der Waals surface area contributed by atoms with Gasteiger partial charge in [0, 0.05) is 17.5 Å². The fourth-order valence-electron chi connectivity index (χ4n) is 2.47. The molecule has 0 spiro atoms. The molecule has 0 unspecified atom stereocenters. The monoisotopic (exact) mass is 268 g/mol. The fraction of sp³-hybridized carbons (Fsp3) is 0.235. The van der Waals surface area contributed by atoms with Crippen molar-refractivity contribution >= 4 is 5.78 Å². The SMILES string of the molecule is COc1ccc(C(=O)c2ccc3c(c2)C[C@@H](C)O3)cc1. The fourth-order valence-corrected chi connectivity index (χ4v) is 2.47. The van der Waals surface area contributed by atoms with Gasteiger partial charge in [0.1, 0.15) is 17.6 Å². The molecule has 2 aromatic carbocycles. The van der Waals surface area contributed by atoms with Crippen molar-refractivity contribution in [2.24, 2.45) is 0 Å². The number of carbonyl (C=O) groups is 1. The zero-order valence-corrected chi connectivity index (χ0v) is 11.6. The van der Waals surface area contributed by atoms with Crippen LogP contribution in [0.3, 0.4) is 0 Å². The summed E-state index contributed by atoms with van der Waals surface area (Å²) in [7, 11) is 1.61. The summed E-state index contributed by atoms with van der Waals surface area (Å²) in [4.78, 5) is 12.4. The highest BCUT2D eigenvalue weighted by atomic mass is 16.5. The molecule has 102 valence electrons. The number of benzene rings is 2. The lowest BCUT2D eigenvalue weighted by atomic mass is 10.00. The summed E-state index contributed by atoms with van der Waals surface area (Å²) < 4.78 is 10.7. The van der Waals surface area contributed by atoms with Gasteiger partial charge in [-0.1, -0.05) is 0 Å². The summed E-state index contributed by atoms with van der Waals surface area (Å²) in [6.45, 7) is 2.03. The van der Waals surface area contributed by atoms with Crippen LogP contribution in [-0.4, -0.2) is 19.0 Å². The van der Waals surface area contributed by atoms with Gasteiger partial charge in [0.2, 0.25) is 0 Å². The third-order valence-corrected chi connectivity index (χ3v) is 3.51. The number of ether oxygens (including phenoxy) is 2.